The van der Waals surface area contributed by atoms with Crippen LogP contribution in [0.3, 0.4) is 0 Å². The lowest BCUT2D eigenvalue weighted by Crippen LogP contribution is -2.44. The molecule has 1 aromatic carbocycles. The second kappa shape index (κ2) is 5.47. The molecule has 1 unspecified atom stereocenters. The number of anilines is 1. The molecule has 0 spiro atoms. The highest BCUT2D eigenvalue weighted by Gasteiger charge is 2.36. The molecular formula is C17H24N2O. The van der Waals surface area contributed by atoms with Gasteiger partial charge in [0.2, 0.25) is 5.91 Å². The molecule has 1 N–H and O–H groups in total. The summed E-state index contributed by atoms with van der Waals surface area (Å²) >= 11 is 0. The van der Waals surface area contributed by atoms with Gasteiger partial charge in [0.05, 0.1) is 5.92 Å². The lowest BCUT2D eigenvalue weighted by atomic mass is 9.92. The van der Waals surface area contributed by atoms with Crippen molar-refractivity contribution in [3.63, 3.8) is 0 Å². The zero-order chi connectivity index (χ0) is 14.1. The van der Waals surface area contributed by atoms with Gasteiger partial charge in [-0.05, 0) is 36.8 Å². The Morgan fingerprint density at radius 3 is 2.80 bits per heavy atom. The summed E-state index contributed by atoms with van der Waals surface area (Å²) in [6.45, 7) is 6.06. The monoisotopic (exact) mass is 272 g/mol. The summed E-state index contributed by atoms with van der Waals surface area (Å²) in [6, 6.07) is 8.85. The predicted octanol–water partition coefficient (Wildman–Crippen LogP) is 2.92. The Morgan fingerprint density at radius 2 is 2.10 bits per heavy atom. The summed E-state index contributed by atoms with van der Waals surface area (Å²) in [5.41, 5.74) is 2.47. The second-order valence-corrected chi connectivity index (χ2v) is 6.55. The number of carbonyl (C=O) groups excluding carboxylic acids is 1. The third-order valence-electron chi connectivity index (χ3n) is 4.20. The first-order valence-corrected chi connectivity index (χ1v) is 7.77. The predicted molar refractivity (Wildman–Crippen MR) is 81.7 cm³/mol. The van der Waals surface area contributed by atoms with Gasteiger partial charge in [0, 0.05) is 24.8 Å². The van der Waals surface area contributed by atoms with Gasteiger partial charge in [-0.25, -0.2) is 0 Å². The Kier molecular flexibility index (Phi) is 3.68. The molecule has 1 aliphatic heterocycles. The van der Waals surface area contributed by atoms with Crippen LogP contribution in [0.15, 0.2) is 24.3 Å². The van der Waals surface area contributed by atoms with E-state index in [2.05, 4.69) is 42.3 Å². The van der Waals surface area contributed by atoms with E-state index in [1.54, 1.807) is 0 Å². The molecule has 1 fully saturated rings. The highest BCUT2D eigenvalue weighted by Crippen LogP contribution is 2.31. The number of rotatable bonds is 4. The summed E-state index contributed by atoms with van der Waals surface area (Å²) in [4.78, 5) is 15.0. The molecule has 1 amide bonds. The van der Waals surface area contributed by atoms with Gasteiger partial charge in [-0.15, -0.1) is 0 Å². The Balaban J connectivity index is 1.71. The fraction of sp³-hybridized carbons (Fsp3) is 0.588. The SMILES string of the molecule is CC(C)CN(C(=O)C1CNc2ccccc2C1)C1CC1. The molecule has 0 aromatic heterocycles. The molecule has 20 heavy (non-hydrogen) atoms. The summed E-state index contributed by atoms with van der Waals surface area (Å²) in [7, 11) is 0. The van der Waals surface area contributed by atoms with Crippen LogP contribution in [0, 0.1) is 11.8 Å². The fourth-order valence-corrected chi connectivity index (χ4v) is 3.05. The summed E-state index contributed by atoms with van der Waals surface area (Å²) in [6.07, 6.45) is 3.26. The third kappa shape index (κ3) is 2.82. The number of nitrogens with zero attached hydrogens (tertiary/aromatic N) is 1. The van der Waals surface area contributed by atoms with Crippen molar-refractivity contribution in [2.45, 2.75) is 39.2 Å². The van der Waals surface area contributed by atoms with E-state index < -0.39 is 0 Å². The van der Waals surface area contributed by atoms with Gasteiger partial charge in [0.25, 0.3) is 0 Å². The molecule has 0 bridgehead atoms. The van der Waals surface area contributed by atoms with E-state index in [1.165, 1.54) is 24.1 Å². The number of hydrogen-bond donors (Lipinski definition) is 1. The van der Waals surface area contributed by atoms with Crippen molar-refractivity contribution < 1.29 is 4.79 Å². The molecular weight excluding hydrogens is 248 g/mol. The maximum atomic E-state index is 12.8. The van der Waals surface area contributed by atoms with E-state index >= 15 is 0 Å². The Bertz CT molecular complexity index is 494. The van der Waals surface area contributed by atoms with Crippen LogP contribution in [0.4, 0.5) is 5.69 Å². The maximum absolute atomic E-state index is 12.8. The average Bonchev–Trinajstić information content (AvgIpc) is 3.28. The van der Waals surface area contributed by atoms with Crippen molar-refractivity contribution in [1.29, 1.82) is 0 Å². The number of carbonyl (C=O) groups is 1. The standard InChI is InChI=1S/C17H24N2O/c1-12(2)11-19(15-7-8-15)17(20)14-9-13-5-3-4-6-16(13)18-10-14/h3-6,12,14-15,18H,7-11H2,1-2H3. The molecule has 1 aliphatic carbocycles. The number of para-hydroxylation sites is 1. The van der Waals surface area contributed by atoms with Gasteiger partial charge in [0.15, 0.2) is 0 Å². The Hall–Kier alpha value is -1.51. The molecule has 1 heterocycles. The van der Waals surface area contributed by atoms with Gasteiger partial charge in [-0.2, -0.15) is 0 Å². The van der Waals surface area contributed by atoms with Crippen molar-refractivity contribution in [1.82, 2.24) is 4.90 Å². The van der Waals surface area contributed by atoms with Crippen LogP contribution in [0.1, 0.15) is 32.3 Å². The number of benzene rings is 1. The van der Waals surface area contributed by atoms with E-state index in [0.29, 0.717) is 17.9 Å². The number of hydrogen-bond acceptors (Lipinski definition) is 2. The smallest absolute Gasteiger partial charge is 0.228 e. The fourth-order valence-electron chi connectivity index (χ4n) is 3.05. The van der Waals surface area contributed by atoms with Crippen LogP contribution in [0.5, 0.6) is 0 Å². The zero-order valence-electron chi connectivity index (χ0n) is 12.4. The zero-order valence-corrected chi connectivity index (χ0v) is 12.4. The molecule has 3 rings (SSSR count). The molecule has 0 radical (unpaired) electrons. The molecule has 2 aliphatic rings. The Morgan fingerprint density at radius 1 is 1.35 bits per heavy atom. The quantitative estimate of drug-likeness (QED) is 0.914. The van der Waals surface area contributed by atoms with Crippen LogP contribution in [-0.2, 0) is 11.2 Å². The van der Waals surface area contributed by atoms with Crippen LogP contribution < -0.4 is 5.32 Å². The third-order valence-corrected chi connectivity index (χ3v) is 4.20. The summed E-state index contributed by atoms with van der Waals surface area (Å²) in [5, 5.41) is 3.41. The largest absolute Gasteiger partial charge is 0.384 e. The maximum Gasteiger partial charge on any atom is 0.228 e. The Labute approximate surface area is 121 Å². The molecule has 3 heteroatoms. The minimum atomic E-state index is 0.101. The molecule has 1 saturated carbocycles. The van der Waals surface area contributed by atoms with Gasteiger partial charge in [-0.1, -0.05) is 32.0 Å². The van der Waals surface area contributed by atoms with Crippen LogP contribution in [0.25, 0.3) is 0 Å². The number of amides is 1. The normalized spacial score (nSPS) is 21.2. The molecule has 1 aromatic rings. The van der Waals surface area contributed by atoms with Crippen molar-refractivity contribution in [2.24, 2.45) is 11.8 Å². The van der Waals surface area contributed by atoms with Crippen molar-refractivity contribution in [2.75, 3.05) is 18.4 Å². The average molecular weight is 272 g/mol. The summed E-state index contributed by atoms with van der Waals surface area (Å²) in [5.74, 6) is 0.996. The molecule has 0 saturated heterocycles. The number of fused-ring (bicyclic) bond motifs is 1. The first-order valence-electron chi connectivity index (χ1n) is 7.77. The molecule has 108 valence electrons. The van der Waals surface area contributed by atoms with E-state index in [-0.39, 0.29) is 5.92 Å². The van der Waals surface area contributed by atoms with Gasteiger partial charge < -0.3 is 10.2 Å². The van der Waals surface area contributed by atoms with E-state index in [1.807, 2.05) is 6.07 Å². The lowest BCUT2D eigenvalue weighted by molar-refractivity contribution is -0.136. The van der Waals surface area contributed by atoms with Gasteiger partial charge in [0.1, 0.15) is 0 Å². The minimum Gasteiger partial charge on any atom is -0.384 e. The molecule has 1 atom stereocenters. The lowest BCUT2D eigenvalue weighted by Gasteiger charge is -2.32. The minimum absolute atomic E-state index is 0.101. The van der Waals surface area contributed by atoms with E-state index in [9.17, 15) is 4.79 Å². The van der Waals surface area contributed by atoms with Gasteiger partial charge >= 0.3 is 0 Å². The first kappa shape index (κ1) is 13.5. The van der Waals surface area contributed by atoms with E-state index in [4.69, 9.17) is 0 Å². The van der Waals surface area contributed by atoms with Crippen molar-refractivity contribution in [3.05, 3.63) is 29.8 Å². The second-order valence-electron chi connectivity index (χ2n) is 6.55. The van der Waals surface area contributed by atoms with Crippen LogP contribution in [0.2, 0.25) is 0 Å². The highest BCUT2D eigenvalue weighted by atomic mass is 16.2. The summed E-state index contributed by atoms with van der Waals surface area (Å²) < 4.78 is 0. The molecule has 3 nitrogen and oxygen atoms in total. The number of nitrogens with one attached hydrogen (secondary N) is 1. The van der Waals surface area contributed by atoms with Crippen LogP contribution >= 0.6 is 0 Å². The van der Waals surface area contributed by atoms with Crippen LogP contribution in [-0.4, -0.2) is 29.9 Å². The van der Waals surface area contributed by atoms with E-state index in [0.717, 1.165) is 19.5 Å². The van der Waals surface area contributed by atoms with Gasteiger partial charge in [-0.3, -0.25) is 4.79 Å². The van der Waals surface area contributed by atoms with Crippen molar-refractivity contribution in [3.8, 4) is 0 Å². The first-order chi connectivity index (χ1) is 9.65. The van der Waals surface area contributed by atoms with Crippen molar-refractivity contribution >= 4 is 11.6 Å². The highest BCUT2D eigenvalue weighted by molar-refractivity contribution is 5.81. The topological polar surface area (TPSA) is 32.3 Å².